The van der Waals surface area contributed by atoms with Crippen LogP contribution in [0.5, 0.6) is 0 Å². The summed E-state index contributed by atoms with van der Waals surface area (Å²) >= 11 is 0. The van der Waals surface area contributed by atoms with Gasteiger partial charge in [-0.15, -0.1) is 0 Å². The van der Waals surface area contributed by atoms with Gasteiger partial charge in [0.15, 0.2) is 0 Å². The van der Waals surface area contributed by atoms with Crippen molar-refractivity contribution in [1.82, 2.24) is 9.55 Å². The third kappa shape index (κ3) is 2.62. The maximum Gasteiger partial charge on any atom is 0.303 e. The third-order valence-electron chi connectivity index (χ3n) is 3.36. The van der Waals surface area contributed by atoms with Gasteiger partial charge in [0, 0.05) is 13.5 Å². The van der Waals surface area contributed by atoms with Gasteiger partial charge in [-0.2, -0.15) is 0 Å². The van der Waals surface area contributed by atoms with Crippen molar-refractivity contribution in [3.8, 4) is 0 Å². The van der Waals surface area contributed by atoms with Crippen LogP contribution in [0, 0.1) is 0 Å². The quantitative estimate of drug-likeness (QED) is 0.923. The molecule has 0 amide bonds. The molecule has 1 heterocycles. The Hall–Kier alpha value is -1.84. The second kappa shape index (κ2) is 4.68. The van der Waals surface area contributed by atoms with E-state index in [9.17, 15) is 4.79 Å². The van der Waals surface area contributed by atoms with E-state index in [2.05, 4.69) is 31.8 Å². The van der Waals surface area contributed by atoms with Crippen molar-refractivity contribution in [3.63, 3.8) is 0 Å². The predicted molar refractivity (Wildman–Crippen MR) is 75.4 cm³/mol. The number of imidazole rings is 1. The third-order valence-corrected chi connectivity index (χ3v) is 3.36. The van der Waals surface area contributed by atoms with Crippen LogP contribution in [-0.2, 0) is 23.7 Å². The fourth-order valence-corrected chi connectivity index (χ4v) is 2.36. The molecule has 1 aromatic carbocycles. The highest BCUT2D eigenvalue weighted by molar-refractivity contribution is 5.81. The monoisotopic (exact) mass is 260 g/mol. The Kier molecular flexibility index (Phi) is 3.35. The topological polar surface area (TPSA) is 55.1 Å². The number of carboxylic acids is 1. The van der Waals surface area contributed by atoms with Gasteiger partial charge in [-0.3, -0.25) is 4.79 Å². The molecular formula is C15H20N2O2. The molecule has 0 spiro atoms. The smallest absolute Gasteiger partial charge is 0.303 e. The molecule has 0 atom stereocenters. The van der Waals surface area contributed by atoms with Crippen molar-refractivity contribution in [1.29, 1.82) is 0 Å². The fraction of sp³-hybridized carbons (Fsp3) is 0.467. The number of nitrogens with zero attached hydrogens (tertiary/aromatic N) is 2. The van der Waals surface area contributed by atoms with Crippen LogP contribution >= 0.6 is 0 Å². The summed E-state index contributed by atoms with van der Waals surface area (Å²) in [5, 5.41) is 8.79. The van der Waals surface area contributed by atoms with Crippen LogP contribution in [-0.4, -0.2) is 20.6 Å². The number of aliphatic carboxylic acids is 1. The number of benzene rings is 1. The van der Waals surface area contributed by atoms with E-state index in [1.807, 2.05) is 23.7 Å². The second-order valence-corrected chi connectivity index (χ2v) is 5.90. The summed E-state index contributed by atoms with van der Waals surface area (Å²) in [5.41, 5.74) is 3.32. The molecule has 0 aliphatic carbocycles. The van der Waals surface area contributed by atoms with E-state index in [-0.39, 0.29) is 11.8 Å². The van der Waals surface area contributed by atoms with Gasteiger partial charge in [-0.05, 0) is 17.0 Å². The lowest BCUT2D eigenvalue weighted by Crippen LogP contribution is -2.13. The number of hydrogen-bond acceptors (Lipinski definition) is 2. The van der Waals surface area contributed by atoms with E-state index in [1.165, 1.54) is 5.56 Å². The molecule has 4 heteroatoms. The van der Waals surface area contributed by atoms with Crippen LogP contribution in [0.15, 0.2) is 18.2 Å². The number of carbonyl (C=O) groups is 1. The van der Waals surface area contributed by atoms with Crippen molar-refractivity contribution in [2.75, 3.05) is 0 Å². The number of aryl methyl sites for hydroxylation is 2. The summed E-state index contributed by atoms with van der Waals surface area (Å²) in [6, 6.07) is 6.11. The number of rotatable bonds is 3. The first-order chi connectivity index (χ1) is 8.80. The normalized spacial score (nSPS) is 12.0. The molecule has 0 unspecified atom stereocenters. The molecule has 1 N–H and O–H groups in total. The van der Waals surface area contributed by atoms with Crippen LogP contribution in [0.2, 0.25) is 0 Å². The van der Waals surface area contributed by atoms with Gasteiger partial charge in [0.05, 0.1) is 17.5 Å². The van der Waals surface area contributed by atoms with Gasteiger partial charge < -0.3 is 9.67 Å². The highest BCUT2D eigenvalue weighted by atomic mass is 16.4. The van der Waals surface area contributed by atoms with Crippen LogP contribution in [0.3, 0.4) is 0 Å². The second-order valence-electron chi connectivity index (χ2n) is 5.90. The molecule has 1 aromatic heterocycles. The molecule has 2 aromatic rings. The summed E-state index contributed by atoms with van der Waals surface area (Å²) in [5.74, 6) is 0.0391. The van der Waals surface area contributed by atoms with Crippen molar-refractivity contribution in [3.05, 3.63) is 29.6 Å². The molecular weight excluding hydrogens is 240 g/mol. The zero-order chi connectivity index (χ0) is 14.2. The van der Waals surface area contributed by atoms with E-state index in [1.54, 1.807) is 0 Å². The minimum absolute atomic E-state index is 0.0391. The van der Waals surface area contributed by atoms with Crippen LogP contribution in [0.25, 0.3) is 11.0 Å². The Balaban J connectivity index is 2.55. The lowest BCUT2D eigenvalue weighted by atomic mass is 9.86. The summed E-state index contributed by atoms with van der Waals surface area (Å²) in [7, 11) is 1.96. The van der Waals surface area contributed by atoms with E-state index in [4.69, 9.17) is 5.11 Å². The number of para-hydroxylation sites is 1. The fourth-order valence-electron chi connectivity index (χ4n) is 2.36. The molecule has 0 fully saturated rings. The Morgan fingerprint density at radius 1 is 1.37 bits per heavy atom. The maximum absolute atomic E-state index is 10.7. The zero-order valence-corrected chi connectivity index (χ0v) is 11.9. The zero-order valence-electron chi connectivity index (χ0n) is 11.9. The van der Waals surface area contributed by atoms with Crippen LogP contribution < -0.4 is 0 Å². The average molecular weight is 260 g/mol. The minimum atomic E-state index is -0.789. The lowest BCUT2D eigenvalue weighted by molar-refractivity contribution is -0.137. The number of hydrogen-bond donors (Lipinski definition) is 1. The Bertz CT molecular complexity index is 621. The average Bonchev–Trinajstić information content (AvgIpc) is 2.62. The van der Waals surface area contributed by atoms with E-state index >= 15 is 0 Å². The molecule has 0 aliphatic heterocycles. The Morgan fingerprint density at radius 2 is 2.05 bits per heavy atom. The van der Waals surface area contributed by atoms with Gasteiger partial charge in [0.2, 0.25) is 0 Å². The summed E-state index contributed by atoms with van der Waals surface area (Å²) in [6.07, 6.45) is 0.576. The number of fused-ring (bicyclic) bond motifs is 1. The molecule has 19 heavy (non-hydrogen) atoms. The lowest BCUT2D eigenvalue weighted by Gasteiger charge is -2.20. The van der Waals surface area contributed by atoms with Crippen molar-refractivity contribution in [2.24, 2.45) is 7.05 Å². The molecule has 0 radical (unpaired) electrons. The molecule has 0 saturated heterocycles. The largest absolute Gasteiger partial charge is 0.481 e. The van der Waals surface area contributed by atoms with E-state index < -0.39 is 5.97 Å². The maximum atomic E-state index is 10.7. The summed E-state index contributed by atoms with van der Waals surface area (Å²) in [4.78, 5) is 15.2. The highest BCUT2D eigenvalue weighted by Gasteiger charge is 2.20. The van der Waals surface area contributed by atoms with E-state index in [0.29, 0.717) is 6.42 Å². The summed E-state index contributed by atoms with van der Waals surface area (Å²) < 4.78 is 2.03. The van der Waals surface area contributed by atoms with Gasteiger partial charge in [-0.25, -0.2) is 4.98 Å². The van der Waals surface area contributed by atoms with Crippen molar-refractivity contribution in [2.45, 2.75) is 39.0 Å². The van der Waals surface area contributed by atoms with Crippen LogP contribution in [0.4, 0.5) is 0 Å². The Morgan fingerprint density at radius 3 is 2.63 bits per heavy atom. The van der Waals surface area contributed by atoms with Gasteiger partial charge in [0.25, 0.3) is 0 Å². The standard InChI is InChI=1S/C15H20N2O2/c1-15(2,3)10-6-5-7-11-14(10)17(4)12(16-11)8-9-13(18)19/h5-7H,8-9H2,1-4H3,(H,18,19). The van der Waals surface area contributed by atoms with Crippen LogP contribution in [0.1, 0.15) is 38.6 Å². The molecule has 102 valence electrons. The molecule has 0 bridgehead atoms. The minimum Gasteiger partial charge on any atom is -0.481 e. The molecule has 2 rings (SSSR count). The van der Waals surface area contributed by atoms with E-state index in [0.717, 1.165) is 16.9 Å². The number of aromatic nitrogens is 2. The van der Waals surface area contributed by atoms with Gasteiger partial charge in [0.1, 0.15) is 5.82 Å². The molecule has 4 nitrogen and oxygen atoms in total. The molecule has 0 saturated carbocycles. The van der Waals surface area contributed by atoms with Gasteiger partial charge in [-0.1, -0.05) is 32.9 Å². The predicted octanol–water partition coefficient (Wildman–Crippen LogP) is 2.89. The van der Waals surface area contributed by atoms with Gasteiger partial charge >= 0.3 is 5.97 Å². The first kappa shape index (κ1) is 13.6. The Labute approximate surface area is 113 Å². The van der Waals surface area contributed by atoms with Crippen molar-refractivity contribution < 1.29 is 9.90 Å². The van der Waals surface area contributed by atoms with Crippen molar-refractivity contribution >= 4 is 17.0 Å². The SMILES string of the molecule is Cn1c(CCC(=O)O)nc2cccc(C(C)(C)C)c21. The highest BCUT2D eigenvalue weighted by Crippen LogP contribution is 2.30. The first-order valence-corrected chi connectivity index (χ1v) is 6.47. The molecule has 0 aliphatic rings. The summed E-state index contributed by atoms with van der Waals surface area (Å²) in [6.45, 7) is 6.52. The first-order valence-electron chi connectivity index (χ1n) is 6.47. The number of carboxylic acid groups (broad SMARTS) is 1.